The molecule has 0 saturated carbocycles. The van der Waals surface area contributed by atoms with Crippen LogP contribution in [0.15, 0.2) is 47.4 Å². The Morgan fingerprint density at radius 3 is 2.00 bits per heavy atom. The van der Waals surface area contributed by atoms with Crippen LogP contribution in [0.3, 0.4) is 0 Å². The Bertz CT molecular complexity index is 700. The SMILES string of the molecule is COc1cccc(OC)c1-c1cccc(S(=O)(=O)O)c1. The highest BCUT2D eigenvalue weighted by molar-refractivity contribution is 7.85. The van der Waals surface area contributed by atoms with E-state index in [-0.39, 0.29) is 4.90 Å². The molecule has 0 bridgehead atoms. The van der Waals surface area contributed by atoms with Crippen molar-refractivity contribution < 1.29 is 22.4 Å². The van der Waals surface area contributed by atoms with Crippen molar-refractivity contribution in [2.75, 3.05) is 14.2 Å². The minimum absolute atomic E-state index is 0.178. The molecular weight excluding hydrogens is 280 g/mol. The van der Waals surface area contributed by atoms with Gasteiger partial charge in [0.2, 0.25) is 0 Å². The smallest absolute Gasteiger partial charge is 0.294 e. The van der Waals surface area contributed by atoms with E-state index in [4.69, 9.17) is 14.0 Å². The van der Waals surface area contributed by atoms with Gasteiger partial charge in [-0.2, -0.15) is 8.42 Å². The maximum absolute atomic E-state index is 11.2. The number of hydrogen-bond acceptors (Lipinski definition) is 4. The third-order valence-corrected chi connectivity index (χ3v) is 3.70. The second-order valence-corrected chi connectivity index (χ2v) is 5.46. The van der Waals surface area contributed by atoms with Gasteiger partial charge in [-0.15, -0.1) is 0 Å². The molecule has 6 heteroatoms. The molecule has 0 atom stereocenters. The molecule has 1 N–H and O–H groups in total. The van der Waals surface area contributed by atoms with Crippen molar-refractivity contribution in [1.29, 1.82) is 0 Å². The average molecular weight is 294 g/mol. The van der Waals surface area contributed by atoms with Crippen LogP contribution in [-0.2, 0) is 10.1 Å². The van der Waals surface area contributed by atoms with Crippen LogP contribution in [0.4, 0.5) is 0 Å². The van der Waals surface area contributed by atoms with Crippen LogP contribution in [0.2, 0.25) is 0 Å². The lowest BCUT2D eigenvalue weighted by Crippen LogP contribution is -1.99. The summed E-state index contributed by atoms with van der Waals surface area (Å²) in [5.74, 6) is 1.11. The first-order valence-electron chi connectivity index (χ1n) is 5.76. The van der Waals surface area contributed by atoms with E-state index in [1.54, 1.807) is 30.3 Å². The first-order valence-corrected chi connectivity index (χ1v) is 7.20. The zero-order chi connectivity index (χ0) is 14.8. The molecule has 5 nitrogen and oxygen atoms in total. The third-order valence-electron chi connectivity index (χ3n) is 2.85. The summed E-state index contributed by atoms with van der Waals surface area (Å²) >= 11 is 0. The second kappa shape index (κ2) is 5.52. The topological polar surface area (TPSA) is 72.8 Å². The third kappa shape index (κ3) is 2.76. The van der Waals surface area contributed by atoms with Crippen LogP contribution < -0.4 is 9.47 Å². The number of ether oxygens (including phenoxy) is 2. The minimum Gasteiger partial charge on any atom is -0.496 e. The highest BCUT2D eigenvalue weighted by Crippen LogP contribution is 2.38. The van der Waals surface area contributed by atoms with Gasteiger partial charge in [0.05, 0.1) is 24.7 Å². The van der Waals surface area contributed by atoms with Crippen molar-refractivity contribution in [3.8, 4) is 22.6 Å². The summed E-state index contributed by atoms with van der Waals surface area (Å²) in [7, 11) is -1.22. The van der Waals surface area contributed by atoms with E-state index >= 15 is 0 Å². The van der Waals surface area contributed by atoms with E-state index in [1.807, 2.05) is 0 Å². The van der Waals surface area contributed by atoms with Crippen LogP contribution in [-0.4, -0.2) is 27.2 Å². The molecule has 2 aromatic rings. The highest BCUT2D eigenvalue weighted by atomic mass is 32.2. The standard InChI is InChI=1S/C14H14O5S/c1-18-12-7-4-8-13(19-2)14(12)10-5-3-6-11(9-10)20(15,16)17/h3-9H,1-2H3,(H,15,16,17). The fraction of sp³-hybridized carbons (Fsp3) is 0.143. The molecule has 0 aromatic heterocycles. The van der Waals surface area contributed by atoms with Gasteiger partial charge in [-0.3, -0.25) is 4.55 Å². The molecule has 2 aromatic carbocycles. The van der Waals surface area contributed by atoms with Gasteiger partial charge in [0.1, 0.15) is 11.5 Å². The first-order chi connectivity index (χ1) is 9.47. The lowest BCUT2D eigenvalue weighted by atomic mass is 10.0. The van der Waals surface area contributed by atoms with Crippen LogP contribution >= 0.6 is 0 Å². The normalized spacial score (nSPS) is 11.2. The summed E-state index contributed by atoms with van der Waals surface area (Å²) in [6, 6.07) is 11.2. The Labute approximate surface area is 117 Å². The van der Waals surface area contributed by atoms with Gasteiger partial charge in [-0.25, -0.2) is 0 Å². The van der Waals surface area contributed by atoms with Crippen molar-refractivity contribution in [2.24, 2.45) is 0 Å². The molecule has 0 fully saturated rings. The zero-order valence-electron chi connectivity index (χ0n) is 11.0. The van der Waals surface area contributed by atoms with Gasteiger partial charge >= 0.3 is 0 Å². The van der Waals surface area contributed by atoms with Crippen LogP contribution in [0.5, 0.6) is 11.5 Å². The minimum atomic E-state index is -4.25. The highest BCUT2D eigenvalue weighted by Gasteiger charge is 2.15. The number of benzene rings is 2. The summed E-state index contributed by atoms with van der Waals surface area (Å²) < 4.78 is 42.1. The van der Waals surface area contributed by atoms with Gasteiger partial charge in [0.25, 0.3) is 10.1 Å². The Kier molecular flexibility index (Phi) is 3.96. The van der Waals surface area contributed by atoms with Gasteiger partial charge in [-0.05, 0) is 29.8 Å². The quantitative estimate of drug-likeness (QED) is 0.877. The maximum Gasteiger partial charge on any atom is 0.294 e. The molecule has 0 aliphatic carbocycles. The summed E-state index contributed by atoms with van der Waals surface area (Å²) in [5.41, 5.74) is 1.21. The first kappa shape index (κ1) is 14.4. The molecule has 0 unspecified atom stereocenters. The Morgan fingerprint density at radius 1 is 0.950 bits per heavy atom. The predicted octanol–water partition coefficient (Wildman–Crippen LogP) is 2.62. The lowest BCUT2D eigenvalue weighted by molar-refractivity contribution is 0.397. The van der Waals surface area contributed by atoms with Crippen LogP contribution in [0.25, 0.3) is 11.1 Å². The summed E-state index contributed by atoms with van der Waals surface area (Å²) in [6.45, 7) is 0. The molecule has 2 rings (SSSR count). The molecule has 0 spiro atoms. The largest absolute Gasteiger partial charge is 0.496 e. The van der Waals surface area contributed by atoms with Crippen molar-refractivity contribution in [3.63, 3.8) is 0 Å². The Morgan fingerprint density at radius 2 is 1.50 bits per heavy atom. The average Bonchev–Trinajstić information content (AvgIpc) is 2.45. The second-order valence-electron chi connectivity index (χ2n) is 4.04. The van der Waals surface area contributed by atoms with Crippen molar-refractivity contribution in [3.05, 3.63) is 42.5 Å². The molecule has 0 aliphatic rings. The molecule has 0 heterocycles. The van der Waals surface area contributed by atoms with Gasteiger partial charge in [-0.1, -0.05) is 18.2 Å². The maximum atomic E-state index is 11.2. The Hall–Kier alpha value is -2.05. The van der Waals surface area contributed by atoms with E-state index in [2.05, 4.69) is 0 Å². The van der Waals surface area contributed by atoms with E-state index in [9.17, 15) is 8.42 Å². The number of methoxy groups -OCH3 is 2. The van der Waals surface area contributed by atoms with Gasteiger partial charge < -0.3 is 9.47 Å². The fourth-order valence-electron chi connectivity index (χ4n) is 1.95. The monoisotopic (exact) mass is 294 g/mol. The summed E-state index contributed by atoms with van der Waals surface area (Å²) in [5, 5.41) is 0. The van der Waals surface area contributed by atoms with E-state index in [0.717, 1.165) is 0 Å². The Balaban J connectivity index is 2.68. The van der Waals surface area contributed by atoms with E-state index in [0.29, 0.717) is 22.6 Å². The summed E-state index contributed by atoms with van der Waals surface area (Å²) in [6.07, 6.45) is 0. The number of hydrogen-bond donors (Lipinski definition) is 1. The molecular formula is C14H14O5S. The van der Waals surface area contributed by atoms with Crippen molar-refractivity contribution in [2.45, 2.75) is 4.90 Å². The lowest BCUT2D eigenvalue weighted by Gasteiger charge is -2.13. The van der Waals surface area contributed by atoms with E-state index in [1.165, 1.54) is 26.4 Å². The predicted molar refractivity (Wildman–Crippen MR) is 74.8 cm³/mol. The molecule has 106 valence electrons. The fourth-order valence-corrected chi connectivity index (χ4v) is 2.47. The van der Waals surface area contributed by atoms with Crippen LogP contribution in [0.1, 0.15) is 0 Å². The van der Waals surface area contributed by atoms with Crippen LogP contribution in [0, 0.1) is 0 Å². The molecule has 0 saturated heterocycles. The summed E-state index contributed by atoms with van der Waals surface area (Å²) in [4.78, 5) is -0.178. The molecule has 0 amide bonds. The van der Waals surface area contributed by atoms with Crippen molar-refractivity contribution in [1.82, 2.24) is 0 Å². The van der Waals surface area contributed by atoms with E-state index < -0.39 is 10.1 Å². The molecule has 20 heavy (non-hydrogen) atoms. The molecule has 0 radical (unpaired) electrons. The zero-order valence-corrected chi connectivity index (χ0v) is 11.8. The molecule has 0 aliphatic heterocycles. The van der Waals surface area contributed by atoms with Gasteiger partial charge in [0.15, 0.2) is 0 Å². The van der Waals surface area contributed by atoms with Gasteiger partial charge in [0, 0.05) is 0 Å². The number of rotatable bonds is 4. The van der Waals surface area contributed by atoms with Crippen molar-refractivity contribution >= 4 is 10.1 Å².